The molecule has 1 atom stereocenters. The van der Waals surface area contributed by atoms with Crippen molar-refractivity contribution in [1.82, 2.24) is 10.6 Å². The van der Waals surface area contributed by atoms with Gasteiger partial charge in [-0.15, -0.1) is 0 Å². The van der Waals surface area contributed by atoms with Crippen LogP contribution >= 0.6 is 0 Å². The molecular formula is C100H161FN2O11. The second kappa shape index (κ2) is 61.0. The number of hydrogen-bond acceptors (Lipinski definition) is 11. The van der Waals surface area contributed by atoms with E-state index in [4.69, 9.17) is 33.2 Å². The van der Waals surface area contributed by atoms with Crippen LogP contribution in [-0.4, -0.2) is 80.2 Å². The fourth-order valence-electron chi connectivity index (χ4n) is 12.4. The number of ketones is 1. The van der Waals surface area contributed by atoms with Gasteiger partial charge in [-0.1, -0.05) is 257 Å². The van der Waals surface area contributed by atoms with Crippen molar-refractivity contribution < 1.29 is 57.0 Å². The molecule has 2 aliphatic heterocycles. The molecule has 6 aromatic carbocycles. The maximum absolute atomic E-state index is 12.6. The quantitative estimate of drug-likeness (QED) is 0.0501. The van der Waals surface area contributed by atoms with E-state index in [9.17, 15) is 23.9 Å². The Hall–Kier alpha value is -7.42. The Morgan fingerprint density at radius 3 is 1.47 bits per heavy atom. The van der Waals surface area contributed by atoms with E-state index in [0.717, 1.165) is 105 Å². The Bertz CT molecular complexity index is 3370. The molecular weight excluding hydrogens is 1420 g/mol. The second-order valence-corrected chi connectivity index (χ2v) is 34.9. The summed E-state index contributed by atoms with van der Waals surface area (Å²) in [6.45, 7) is 66.1. The van der Waals surface area contributed by atoms with Gasteiger partial charge in [0, 0.05) is 39.0 Å². The molecule has 0 aromatic heterocycles. The molecule has 3 N–H and O–H groups in total. The number of amides is 2. The summed E-state index contributed by atoms with van der Waals surface area (Å²) < 4.78 is 50.8. The number of carbonyl (C=O) groups excluding carboxylic acids is 3. The number of aromatic hydroxyl groups is 1. The SMILES string of the molecule is CC(=O)CCC(C)C.CC(=O)NC(C(C)C)C(C)C.CC(=O)NC(C(C)C)C(C)C.CC(C)C1CCCCC1.CC(C)Cc1ccc2c(c1)OCO2.CC(C)O[C@@H]1CCOC1.CC(C)c1cc(F)ccc1O.CC(C)c1cccc(Oc2ccccc2)c1.Cc1ccc(OCCC(C)C)cc1.Cc1cccc(C)c1OCC(C)C. The molecule has 3 aliphatic rings. The zero-order valence-corrected chi connectivity index (χ0v) is 77.0. The van der Waals surface area contributed by atoms with Gasteiger partial charge >= 0.3 is 0 Å². The first-order chi connectivity index (χ1) is 53.5. The van der Waals surface area contributed by atoms with Crippen LogP contribution in [0.15, 0.2) is 133 Å². The van der Waals surface area contributed by atoms with Gasteiger partial charge in [0.2, 0.25) is 18.6 Å². The second-order valence-electron chi connectivity index (χ2n) is 34.9. The van der Waals surface area contributed by atoms with Gasteiger partial charge in [0.05, 0.1) is 32.0 Å². The van der Waals surface area contributed by atoms with Gasteiger partial charge in [-0.2, -0.15) is 0 Å². The molecule has 2 heterocycles. The number of nitrogens with one attached hydrogen (secondary N) is 2. The van der Waals surface area contributed by atoms with E-state index in [0.29, 0.717) is 95.7 Å². The molecule has 2 fully saturated rings. The van der Waals surface area contributed by atoms with Crippen LogP contribution in [0.1, 0.15) is 290 Å². The number of carbonyl (C=O) groups is 3. The summed E-state index contributed by atoms with van der Waals surface area (Å²) in [5.74, 6) is 13.2. The number of Topliss-reactive ketones (excluding diaryl/α,β-unsaturated/α-hetero) is 1. The summed E-state index contributed by atoms with van der Waals surface area (Å²) in [7, 11) is 0. The highest BCUT2D eigenvalue weighted by Gasteiger charge is 2.21. The van der Waals surface area contributed by atoms with Crippen LogP contribution in [0.5, 0.6) is 40.2 Å². The summed E-state index contributed by atoms with van der Waals surface area (Å²) in [5.41, 5.74) is 7.00. The van der Waals surface area contributed by atoms with Crippen LogP contribution in [0.4, 0.5) is 4.39 Å². The highest BCUT2D eigenvalue weighted by atomic mass is 19.1. The minimum absolute atomic E-state index is 0.0670. The van der Waals surface area contributed by atoms with E-state index in [2.05, 4.69) is 238 Å². The van der Waals surface area contributed by atoms with Crippen LogP contribution < -0.4 is 34.3 Å². The molecule has 2 amide bonds. The van der Waals surface area contributed by atoms with E-state index in [1.54, 1.807) is 20.8 Å². The molecule has 114 heavy (non-hydrogen) atoms. The molecule has 6 aromatic rings. The van der Waals surface area contributed by atoms with E-state index in [1.807, 2.05) is 74.5 Å². The van der Waals surface area contributed by atoms with Crippen LogP contribution in [0, 0.1) is 85.8 Å². The lowest BCUT2D eigenvalue weighted by molar-refractivity contribution is -0.121. The van der Waals surface area contributed by atoms with E-state index < -0.39 is 0 Å². The van der Waals surface area contributed by atoms with Crippen molar-refractivity contribution in [2.24, 2.45) is 59.2 Å². The average Bonchev–Trinajstić information content (AvgIpc) is 1.76. The topological polar surface area (TPSA) is 160 Å². The van der Waals surface area contributed by atoms with Crippen LogP contribution in [-0.2, 0) is 30.3 Å². The lowest BCUT2D eigenvalue weighted by Gasteiger charge is -2.25. The fourth-order valence-corrected chi connectivity index (χ4v) is 12.4. The largest absolute Gasteiger partial charge is 0.508 e. The number of aryl methyl sites for hydroxylation is 3. The standard InChI is InChI=1S/C15H16O.2C12H18O.C11H14O2.C9H11FO.2C9H19NO.C9H18.C7H14O2.C7H14O/c1-12(2)13-7-6-10-15(11-13)16-14-8-4-3-5-9-14;1-9(2)8-13-12-10(3)6-5-7-11(12)4;1-10(2)8-9-13-12-6-4-11(3)5-7-12;1-8(2)5-9-3-4-10-11(6-9)13-7-12-10;1-6(2)8-5-7(10)3-4-9(8)11;2*1-6(2)9(7(3)4)10-8(5)11;1-8(2)9-6-4-3-5-7-9;1-6(2)9-7-3-4-8-5-7;1-6(2)4-5-7(3)8/h3-12H,1-2H3;5-7,9H,8H2,1-4H3;4-7,10H,8-9H2,1-3H3;3-4,6,8H,5,7H2,1-2H3;3-6,11H,1-2H3;2*6-7,9H,1-5H3,(H,10,11);8-9H,3-7H2,1-2H3;6-7H,3-5H2,1-2H3;6H,4-5H2,1-3H3/t;;;;;;;;7-;/m........1./s1. The van der Waals surface area contributed by atoms with Gasteiger partial charge in [-0.05, 0) is 233 Å². The smallest absolute Gasteiger partial charge is 0.231 e. The number of ether oxygens (including phenoxy) is 7. The van der Waals surface area contributed by atoms with Gasteiger partial charge in [-0.25, -0.2) is 4.39 Å². The van der Waals surface area contributed by atoms with Crippen molar-refractivity contribution >= 4 is 17.6 Å². The first-order valence-electron chi connectivity index (χ1n) is 42.9. The molecule has 0 bridgehead atoms. The number of phenols is 1. The Labute approximate surface area is 694 Å². The van der Waals surface area contributed by atoms with Crippen molar-refractivity contribution in [2.45, 2.75) is 308 Å². The van der Waals surface area contributed by atoms with Crippen LogP contribution in [0.3, 0.4) is 0 Å². The minimum atomic E-state index is -0.300. The highest BCUT2D eigenvalue weighted by molar-refractivity contribution is 5.75. The summed E-state index contributed by atoms with van der Waals surface area (Å²) >= 11 is 0. The highest BCUT2D eigenvalue weighted by Crippen LogP contribution is 2.34. The average molecular weight is 1590 g/mol. The van der Waals surface area contributed by atoms with Crippen molar-refractivity contribution in [2.75, 3.05) is 33.2 Å². The third-order valence-electron chi connectivity index (χ3n) is 18.8. The maximum Gasteiger partial charge on any atom is 0.231 e. The monoisotopic (exact) mass is 1590 g/mol. The third-order valence-corrected chi connectivity index (χ3v) is 18.8. The first kappa shape index (κ1) is 107. The van der Waals surface area contributed by atoms with Crippen molar-refractivity contribution in [3.8, 4) is 40.2 Å². The van der Waals surface area contributed by atoms with E-state index >= 15 is 0 Å². The molecule has 1 aliphatic carbocycles. The normalized spacial score (nSPS) is 13.3. The minimum Gasteiger partial charge on any atom is -0.508 e. The molecule has 0 radical (unpaired) electrons. The number of benzene rings is 6. The van der Waals surface area contributed by atoms with Crippen LogP contribution in [0.25, 0.3) is 0 Å². The van der Waals surface area contributed by atoms with Crippen molar-refractivity contribution in [1.29, 1.82) is 0 Å². The number of halogens is 1. The van der Waals surface area contributed by atoms with Gasteiger partial charge in [0.1, 0.15) is 40.3 Å². The summed E-state index contributed by atoms with van der Waals surface area (Å²) in [6, 6.07) is 43.3. The summed E-state index contributed by atoms with van der Waals surface area (Å²) in [6.07, 6.45) is 13.2. The zero-order valence-electron chi connectivity index (χ0n) is 77.0. The van der Waals surface area contributed by atoms with E-state index in [-0.39, 0.29) is 29.3 Å². The number of fused-ring (bicyclic) bond motifs is 1. The number of phenolic OH excluding ortho intramolecular Hbond substituents is 1. The Balaban J connectivity index is 0.00000125. The van der Waals surface area contributed by atoms with Gasteiger partial charge in [0.15, 0.2) is 11.5 Å². The lowest BCUT2D eigenvalue weighted by atomic mass is 9.82. The summed E-state index contributed by atoms with van der Waals surface area (Å²) in [4.78, 5) is 31.9. The first-order valence-corrected chi connectivity index (χ1v) is 42.9. The molecule has 13 nitrogen and oxygen atoms in total. The molecule has 14 heteroatoms. The maximum atomic E-state index is 12.6. The Morgan fingerprint density at radius 2 is 1.05 bits per heavy atom. The number of hydrogen-bond donors (Lipinski definition) is 3. The number of para-hydroxylation sites is 2. The van der Waals surface area contributed by atoms with Crippen molar-refractivity contribution in [3.05, 3.63) is 173 Å². The molecule has 0 spiro atoms. The number of rotatable bonds is 25. The predicted molar refractivity (Wildman–Crippen MR) is 479 cm³/mol. The Morgan fingerprint density at radius 1 is 0.518 bits per heavy atom. The molecule has 1 saturated heterocycles. The molecule has 1 saturated carbocycles. The van der Waals surface area contributed by atoms with Gasteiger partial charge in [0.25, 0.3) is 0 Å². The third kappa shape index (κ3) is 52.9. The van der Waals surface area contributed by atoms with Gasteiger partial charge < -0.3 is 53.7 Å². The zero-order chi connectivity index (χ0) is 86.6. The molecule has 0 unspecified atom stereocenters. The van der Waals surface area contributed by atoms with Crippen molar-refractivity contribution in [3.63, 3.8) is 0 Å². The van der Waals surface area contributed by atoms with E-state index in [1.165, 1.54) is 78.1 Å². The van der Waals surface area contributed by atoms with Crippen LogP contribution in [0.2, 0.25) is 0 Å². The fraction of sp³-hybridized carbons (Fsp3) is 0.610. The predicted octanol–water partition coefficient (Wildman–Crippen LogP) is 26.7. The molecule has 644 valence electrons. The lowest BCUT2D eigenvalue weighted by Crippen LogP contribution is -2.40. The summed E-state index contributed by atoms with van der Waals surface area (Å²) in [5, 5.41) is 15.1. The molecule has 9 rings (SSSR count). The Kier molecular flexibility index (Phi) is 57.0. The van der Waals surface area contributed by atoms with Gasteiger partial charge in [-0.3, -0.25) is 9.59 Å².